The molecule has 4 fully saturated rings. The Labute approximate surface area is 182 Å². The Morgan fingerprint density at radius 2 is 2.00 bits per heavy atom. The van der Waals surface area contributed by atoms with E-state index in [1.54, 1.807) is 16.7 Å². The molecule has 4 aliphatic carbocycles. The van der Waals surface area contributed by atoms with Crippen molar-refractivity contribution in [2.24, 2.45) is 35.0 Å². The normalized spacial score (nSPS) is 55.0. The number of fused-ring (bicyclic) bond motifs is 6. The van der Waals surface area contributed by atoms with Crippen LogP contribution in [0.1, 0.15) is 79.1 Å². The number of rotatable bonds is 0. The van der Waals surface area contributed by atoms with Crippen molar-refractivity contribution in [3.63, 3.8) is 0 Å². The average Bonchev–Trinajstić information content (AvgIpc) is 3.23. The molecule has 0 bridgehead atoms. The van der Waals surface area contributed by atoms with Gasteiger partial charge < -0.3 is 15.2 Å². The first-order valence-electron chi connectivity index (χ1n) is 12.8. The number of aliphatic hydroxyl groups excluding tert-OH is 1. The first-order valence-corrected chi connectivity index (χ1v) is 12.8. The van der Waals surface area contributed by atoms with E-state index in [-0.39, 0.29) is 11.7 Å². The molecule has 0 aromatic carbocycles. The molecule has 0 radical (unpaired) electrons. The molecule has 0 unspecified atom stereocenters. The Morgan fingerprint density at radius 1 is 1.17 bits per heavy atom. The fourth-order valence-corrected chi connectivity index (χ4v) is 9.09. The summed E-state index contributed by atoms with van der Waals surface area (Å²) in [4.78, 5) is 0. The van der Waals surface area contributed by atoms with Gasteiger partial charge >= 0.3 is 0 Å². The molecule has 30 heavy (non-hydrogen) atoms. The van der Waals surface area contributed by atoms with Crippen LogP contribution in [0, 0.1) is 35.0 Å². The second-order valence-electron chi connectivity index (χ2n) is 12.2. The molecule has 2 saturated carbocycles. The summed E-state index contributed by atoms with van der Waals surface area (Å²) in [5.74, 6) is 3.64. The smallest absolute Gasteiger partial charge is 0.0937 e. The second-order valence-corrected chi connectivity index (χ2v) is 12.2. The fraction of sp³-hybridized carbons (Fsp3) is 0.852. The van der Waals surface area contributed by atoms with Crippen LogP contribution >= 0.6 is 0 Å². The zero-order valence-electron chi connectivity index (χ0n) is 19.4. The van der Waals surface area contributed by atoms with Gasteiger partial charge in [-0.3, -0.25) is 0 Å². The predicted molar refractivity (Wildman–Crippen MR) is 120 cm³/mol. The van der Waals surface area contributed by atoms with Crippen molar-refractivity contribution >= 4 is 0 Å². The minimum Gasteiger partial charge on any atom is -0.393 e. The summed E-state index contributed by atoms with van der Waals surface area (Å²) >= 11 is 0. The van der Waals surface area contributed by atoms with Crippen molar-refractivity contribution in [3.8, 4) is 0 Å². The van der Waals surface area contributed by atoms with Crippen molar-refractivity contribution < 1.29 is 9.84 Å². The van der Waals surface area contributed by atoms with Gasteiger partial charge in [-0.2, -0.15) is 0 Å². The van der Waals surface area contributed by atoms with E-state index in [1.165, 1.54) is 38.5 Å². The van der Waals surface area contributed by atoms with Gasteiger partial charge in [0.15, 0.2) is 0 Å². The summed E-state index contributed by atoms with van der Waals surface area (Å²) in [6, 6.07) is 0.530. The van der Waals surface area contributed by atoms with Crippen molar-refractivity contribution in [2.75, 3.05) is 6.54 Å². The lowest BCUT2D eigenvalue weighted by Crippen LogP contribution is -2.49. The highest BCUT2D eigenvalue weighted by Gasteiger charge is 2.60. The summed E-state index contributed by atoms with van der Waals surface area (Å²) in [7, 11) is 0. The largest absolute Gasteiger partial charge is 0.393 e. The molecule has 3 heteroatoms. The molecule has 6 aliphatic rings. The van der Waals surface area contributed by atoms with E-state index in [9.17, 15) is 5.11 Å². The summed E-state index contributed by atoms with van der Waals surface area (Å²) in [5.41, 5.74) is 5.25. The molecule has 2 N–H and O–H groups in total. The molecule has 0 amide bonds. The van der Waals surface area contributed by atoms with E-state index in [4.69, 9.17) is 4.74 Å². The van der Waals surface area contributed by atoms with Crippen molar-refractivity contribution in [1.29, 1.82) is 0 Å². The highest BCUT2D eigenvalue weighted by molar-refractivity contribution is 5.38. The van der Waals surface area contributed by atoms with E-state index in [0.717, 1.165) is 43.1 Å². The number of nitrogens with one attached hydrogen (secondary N) is 1. The number of piperidine rings is 1. The highest BCUT2D eigenvalue weighted by atomic mass is 16.5. The molecule has 166 valence electrons. The second kappa shape index (κ2) is 6.68. The standard InChI is InChI=1S/C27H41NO2/c1-15-11-24-25(28-14-15)17(3)27(30-24)10-8-20-21-6-5-18-12-19(29)7-9-26(18,4)23(21)13-22(20)16(27)2/h5,15,17,19-21,23-25,28-29H,6-14H2,1-4H3/t15-,17+,19-,20-,21-,23-,24+,25-,26-,27-/m1/s1. The average molecular weight is 412 g/mol. The van der Waals surface area contributed by atoms with Crippen molar-refractivity contribution in [3.05, 3.63) is 22.8 Å². The van der Waals surface area contributed by atoms with Crippen LogP contribution in [0.25, 0.3) is 0 Å². The SMILES string of the molecule is CC1=C2C[C@@H]3[C@H](CC=C4C[C@H](O)CC[C@]43C)[C@H]2CC[C@@]12O[C@H]1C[C@@H](C)CN[C@@H]1[C@@H]2C. The molecule has 3 nitrogen and oxygen atoms in total. The molecule has 2 aliphatic heterocycles. The van der Waals surface area contributed by atoms with Crippen LogP contribution in [0.2, 0.25) is 0 Å². The molecule has 6 rings (SSSR count). The molecular formula is C27H41NO2. The minimum atomic E-state index is -0.111. The molecule has 1 spiro atoms. The van der Waals surface area contributed by atoms with E-state index in [2.05, 4.69) is 39.1 Å². The number of allylic oxidation sites excluding steroid dienone is 2. The summed E-state index contributed by atoms with van der Waals surface area (Å²) in [6.07, 6.45) is 12.2. The lowest BCUT2D eigenvalue weighted by molar-refractivity contribution is -0.0549. The predicted octanol–water partition coefficient (Wildman–Crippen LogP) is 5.00. The topological polar surface area (TPSA) is 41.5 Å². The van der Waals surface area contributed by atoms with Crippen LogP contribution in [0.5, 0.6) is 0 Å². The highest BCUT2D eigenvalue weighted by Crippen LogP contribution is 2.65. The number of hydrogen-bond donors (Lipinski definition) is 2. The van der Waals surface area contributed by atoms with Gasteiger partial charge in [0.25, 0.3) is 0 Å². The van der Waals surface area contributed by atoms with Crippen LogP contribution in [-0.4, -0.2) is 35.5 Å². The monoisotopic (exact) mass is 411 g/mol. The van der Waals surface area contributed by atoms with Gasteiger partial charge in [0, 0.05) is 12.0 Å². The maximum atomic E-state index is 10.3. The van der Waals surface area contributed by atoms with E-state index in [0.29, 0.717) is 23.5 Å². The first-order chi connectivity index (χ1) is 14.3. The fourth-order valence-electron chi connectivity index (χ4n) is 9.09. The molecule has 2 saturated heterocycles. The van der Waals surface area contributed by atoms with Gasteiger partial charge in [0.05, 0.1) is 17.8 Å². The molecular weight excluding hydrogens is 370 g/mol. The Kier molecular flexibility index (Phi) is 4.46. The third-order valence-corrected chi connectivity index (χ3v) is 10.9. The Morgan fingerprint density at radius 3 is 2.83 bits per heavy atom. The maximum absolute atomic E-state index is 10.3. The lowest BCUT2D eigenvalue weighted by Gasteiger charge is -2.49. The Bertz CT molecular complexity index is 801. The summed E-state index contributed by atoms with van der Waals surface area (Å²) < 4.78 is 7.03. The molecule has 2 heterocycles. The van der Waals surface area contributed by atoms with Gasteiger partial charge in [-0.05, 0) is 99.5 Å². The molecule has 0 aromatic rings. The van der Waals surface area contributed by atoms with Gasteiger partial charge in [-0.15, -0.1) is 0 Å². The van der Waals surface area contributed by atoms with Crippen molar-refractivity contribution in [1.82, 2.24) is 5.32 Å². The lowest BCUT2D eigenvalue weighted by atomic mass is 9.56. The van der Waals surface area contributed by atoms with Gasteiger partial charge in [0.2, 0.25) is 0 Å². The first kappa shape index (κ1) is 20.0. The number of ether oxygens (including phenoxy) is 1. The van der Waals surface area contributed by atoms with Gasteiger partial charge in [0.1, 0.15) is 0 Å². The van der Waals surface area contributed by atoms with Gasteiger partial charge in [-0.25, -0.2) is 0 Å². The third-order valence-electron chi connectivity index (χ3n) is 10.9. The summed E-state index contributed by atoms with van der Waals surface area (Å²) in [6.45, 7) is 10.9. The quantitative estimate of drug-likeness (QED) is 0.551. The zero-order valence-corrected chi connectivity index (χ0v) is 19.4. The molecule has 0 aromatic heterocycles. The number of aliphatic hydroxyl groups is 1. The third kappa shape index (κ3) is 2.55. The molecule has 10 atom stereocenters. The van der Waals surface area contributed by atoms with Gasteiger partial charge in [-0.1, -0.05) is 38.0 Å². The van der Waals surface area contributed by atoms with Crippen LogP contribution < -0.4 is 5.32 Å². The van der Waals surface area contributed by atoms with Crippen LogP contribution in [0.3, 0.4) is 0 Å². The summed E-state index contributed by atoms with van der Waals surface area (Å²) in [5, 5.41) is 14.1. The van der Waals surface area contributed by atoms with Crippen LogP contribution in [-0.2, 0) is 4.74 Å². The van der Waals surface area contributed by atoms with Crippen molar-refractivity contribution in [2.45, 2.75) is 103 Å². The Balaban J connectivity index is 1.34. The van der Waals surface area contributed by atoms with E-state index < -0.39 is 0 Å². The van der Waals surface area contributed by atoms with E-state index in [1.807, 2.05) is 0 Å². The zero-order chi connectivity index (χ0) is 20.8. The van der Waals surface area contributed by atoms with E-state index >= 15 is 0 Å². The minimum absolute atomic E-state index is 0.0222. The number of hydrogen-bond acceptors (Lipinski definition) is 3. The van der Waals surface area contributed by atoms with Crippen LogP contribution in [0.4, 0.5) is 0 Å². The Hall–Kier alpha value is -0.640. The maximum Gasteiger partial charge on any atom is 0.0937 e. The van der Waals surface area contributed by atoms with Crippen LogP contribution in [0.15, 0.2) is 22.8 Å².